The van der Waals surface area contributed by atoms with Crippen LogP contribution in [0.5, 0.6) is 11.5 Å². The molecule has 2 rings (SSSR count). The topological polar surface area (TPSA) is 47.6 Å². The number of halogens is 1. The molecule has 0 aromatic heterocycles. The van der Waals surface area contributed by atoms with Gasteiger partial charge in [-0.1, -0.05) is 38.5 Å². The van der Waals surface area contributed by atoms with Crippen LogP contribution >= 0.6 is 0 Å². The maximum Gasteiger partial charge on any atom is 0.220 e. The smallest absolute Gasteiger partial charge is 0.220 e. The van der Waals surface area contributed by atoms with Gasteiger partial charge in [-0.15, -0.1) is 0 Å². The molecule has 0 bridgehead atoms. The number of hydrogen-bond acceptors (Lipinski definition) is 3. The van der Waals surface area contributed by atoms with Crippen molar-refractivity contribution in [2.75, 3.05) is 13.7 Å². The first-order valence-electron chi connectivity index (χ1n) is 9.35. The maximum atomic E-state index is 13.0. The second-order valence-electron chi connectivity index (χ2n) is 6.62. The summed E-state index contributed by atoms with van der Waals surface area (Å²) in [6.07, 6.45) is 2.41. The van der Waals surface area contributed by atoms with Gasteiger partial charge in [0, 0.05) is 13.0 Å². The third-order valence-corrected chi connectivity index (χ3v) is 4.40. The van der Waals surface area contributed by atoms with Crippen molar-refractivity contribution in [1.82, 2.24) is 5.32 Å². The monoisotopic (exact) mass is 373 g/mol. The SMILES string of the molecule is CCCCOc1ccc(CNC(=O)CC(C)c2ccc(F)cc2)cc1OC. The number of nitrogens with one attached hydrogen (secondary N) is 1. The van der Waals surface area contributed by atoms with Gasteiger partial charge in [-0.3, -0.25) is 4.79 Å². The Balaban J connectivity index is 1.87. The summed E-state index contributed by atoms with van der Waals surface area (Å²) in [5, 5.41) is 2.92. The van der Waals surface area contributed by atoms with Crippen LogP contribution in [0.25, 0.3) is 0 Å². The van der Waals surface area contributed by atoms with Crippen molar-refractivity contribution in [3.8, 4) is 11.5 Å². The summed E-state index contributed by atoms with van der Waals surface area (Å²) in [7, 11) is 1.61. The second-order valence-corrected chi connectivity index (χ2v) is 6.62. The Kier molecular flexibility index (Phi) is 8.11. The summed E-state index contributed by atoms with van der Waals surface area (Å²) in [5.41, 5.74) is 1.89. The minimum absolute atomic E-state index is 0.0227. The number of methoxy groups -OCH3 is 1. The molecule has 0 saturated heterocycles. The molecule has 0 aliphatic carbocycles. The number of hydrogen-bond donors (Lipinski definition) is 1. The molecule has 1 unspecified atom stereocenters. The Bertz CT molecular complexity index is 731. The van der Waals surface area contributed by atoms with Gasteiger partial charge in [-0.2, -0.15) is 0 Å². The van der Waals surface area contributed by atoms with E-state index >= 15 is 0 Å². The van der Waals surface area contributed by atoms with E-state index in [1.165, 1.54) is 12.1 Å². The summed E-state index contributed by atoms with van der Waals surface area (Å²) in [6.45, 7) is 5.15. The number of amides is 1. The molecule has 0 spiro atoms. The van der Waals surface area contributed by atoms with Gasteiger partial charge in [-0.25, -0.2) is 4.39 Å². The first-order valence-corrected chi connectivity index (χ1v) is 9.35. The number of unbranched alkanes of at least 4 members (excludes halogenated alkanes) is 1. The van der Waals surface area contributed by atoms with Crippen molar-refractivity contribution < 1.29 is 18.7 Å². The van der Waals surface area contributed by atoms with Crippen LogP contribution in [0, 0.1) is 5.82 Å². The predicted octanol–water partition coefficient (Wildman–Crippen LogP) is 4.82. The van der Waals surface area contributed by atoms with Gasteiger partial charge in [-0.05, 0) is 47.7 Å². The Morgan fingerprint density at radius 3 is 2.56 bits per heavy atom. The minimum Gasteiger partial charge on any atom is -0.493 e. The van der Waals surface area contributed by atoms with E-state index in [-0.39, 0.29) is 17.6 Å². The number of rotatable bonds is 10. The van der Waals surface area contributed by atoms with Gasteiger partial charge in [0.25, 0.3) is 0 Å². The van der Waals surface area contributed by atoms with E-state index < -0.39 is 0 Å². The normalized spacial score (nSPS) is 11.7. The molecular weight excluding hydrogens is 345 g/mol. The fraction of sp³-hybridized carbons (Fsp3) is 0.409. The third kappa shape index (κ3) is 6.59. The molecule has 0 aliphatic heterocycles. The first kappa shape index (κ1) is 20.7. The van der Waals surface area contributed by atoms with Crippen LogP contribution in [0.3, 0.4) is 0 Å². The fourth-order valence-corrected chi connectivity index (χ4v) is 2.73. The molecule has 0 heterocycles. The highest BCUT2D eigenvalue weighted by Crippen LogP contribution is 2.28. The number of carbonyl (C=O) groups is 1. The molecule has 146 valence electrons. The van der Waals surface area contributed by atoms with Crippen molar-refractivity contribution in [2.24, 2.45) is 0 Å². The van der Waals surface area contributed by atoms with Crippen molar-refractivity contribution >= 4 is 5.91 Å². The molecule has 1 atom stereocenters. The lowest BCUT2D eigenvalue weighted by Crippen LogP contribution is -2.24. The van der Waals surface area contributed by atoms with E-state index in [2.05, 4.69) is 12.2 Å². The summed E-state index contributed by atoms with van der Waals surface area (Å²) in [4.78, 5) is 12.2. The Morgan fingerprint density at radius 2 is 1.89 bits per heavy atom. The standard InChI is InChI=1S/C22H28FNO3/c1-4-5-12-27-20-11-6-17(14-21(20)26-3)15-24-22(25)13-16(2)18-7-9-19(23)10-8-18/h6-11,14,16H,4-5,12-13,15H2,1-3H3,(H,24,25). The average Bonchev–Trinajstić information content (AvgIpc) is 2.67. The molecule has 5 heteroatoms. The minimum atomic E-state index is -0.272. The van der Waals surface area contributed by atoms with Crippen molar-refractivity contribution in [3.05, 3.63) is 59.4 Å². The number of ether oxygens (including phenoxy) is 2. The van der Waals surface area contributed by atoms with E-state index in [9.17, 15) is 9.18 Å². The van der Waals surface area contributed by atoms with Crippen molar-refractivity contribution in [3.63, 3.8) is 0 Å². The molecule has 4 nitrogen and oxygen atoms in total. The Morgan fingerprint density at radius 1 is 1.15 bits per heavy atom. The van der Waals surface area contributed by atoms with Gasteiger partial charge >= 0.3 is 0 Å². The highest BCUT2D eigenvalue weighted by Gasteiger charge is 2.12. The van der Waals surface area contributed by atoms with Gasteiger partial charge < -0.3 is 14.8 Å². The second kappa shape index (κ2) is 10.6. The summed E-state index contributed by atoms with van der Waals surface area (Å²) in [5.74, 6) is 1.08. The van der Waals surface area contributed by atoms with Gasteiger partial charge in [0.2, 0.25) is 5.91 Å². The molecule has 27 heavy (non-hydrogen) atoms. The zero-order chi connectivity index (χ0) is 19.6. The van der Waals surface area contributed by atoms with E-state index in [4.69, 9.17) is 9.47 Å². The van der Waals surface area contributed by atoms with Crippen LogP contribution in [-0.2, 0) is 11.3 Å². The molecule has 0 fully saturated rings. The van der Waals surface area contributed by atoms with Crippen LogP contribution in [0.4, 0.5) is 4.39 Å². The highest BCUT2D eigenvalue weighted by molar-refractivity contribution is 5.76. The first-order chi connectivity index (χ1) is 13.0. The number of benzene rings is 2. The number of carbonyl (C=O) groups excluding carboxylic acids is 1. The lowest BCUT2D eigenvalue weighted by atomic mass is 9.97. The lowest BCUT2D eigenvalue weighted by Gasteiger charge is -2.14. The Labute approximate surface area is 160 Å². The fourth-order valence-electron chi connectivity index (χ4n) is 2.73. The third-order valence-electron chi connectivity index (χ3n) is 4.40. The van der Waals surface area contributed by atoms with Crippen LogP contribution in [0.15, 0.2) is 42.5 Å². The lowest BCUT2D eigenvalue weighted by molar-refractivity contribution is -0.121. The predicted molar refractivity (Wildman–Crippen MR) is 105 cm³/mol. The molecule has 0 saturated carbocycles. The molecular formula is C22H28FNO3. The molecule has 1 N–H and O–H groups in total. The summed E-state index contributed by atoms with van der Waals surface area (Å²) >= 11 is 0. The Hall–Kier alpha value is -2.56. The zero-order valence-corrected chi connectivity index (χ0v) is 16.3. The maximum absolute atomic E-state index is 13.0. The van der Waals surface area contributed by atoms with Gasteiger partial charge in [0.05, 0.1) is 13.7 Å². The van der Waals surface area contributed by atoms with Crippen LogP contribution < -0.4 is 14.8 Å². The van der Waals surface area contributed by atoms with Crippen LogP contribution in [0.1, 0.15) is 50.2 Å². The largest absolute Gasteiger partial charge is 0.493 e. The summed E-state index contributed by atoms with van der Waals surface area (Å²) < 4.78 is 24.1. The molecule has 2 aromatic rings. The summed E-state index contributed by atoms with van der Waals surface area (Å²) in [6, 6.07) is 11.9. The van der Waals surface area contributed by atoms with E-state index in [0.29, 0.717) is 31.1 Å². The quantitative estimate of drug-likeness (QED) is 0.607. The molecule has 0 radical (unpaired) electrons. The molecule has 0 aliphatic rings. The van der Waals surface area contributed by atoms with Gasteiger partial charge in [0.15, 0.2) is 11.5 Å². The van der Waals surface area contributed by atoms with E-state index in [1.54, 1.807) is 19.2 Å². The van der Waals surface area contributed by atoms with E-state index in [0.717, 1.165) is 24.0 Å². The van der Waals surface area contributed by atoms with Crippen molar-refractivity contribution in [2.45, 2.75) is 45.6 Å². The highest BCUT2D eigenvalue weighted by atomic mass is 19.1. The average molecular weight is 373 g/mol. The zero-order valence-electron chi connectivity index (χ0n) is 16.3. The van der Waals surface area contributed by atoms with Crippen LogP contribution in [0.2, 0.25) is 0 Å². The van der Waals surface area contributed by atoms with Crippen LogP contribution in [-0.4, -0.2) is 19.6 Å². The van der Waals surface area contributed by atoms with Crippen molar-refractivity contribution in [1.29, 1.82) is 0 Å². The molecule has 1 amide bonds. The van der Waals surface area contributed by atoms with Gasteiger partial charge in [0.1, 0.15) is 5.82 Å². The molecule has 2 aromatic carbocycles. The van der Waals surface area contributed by atoms with E-state index in [1.807, 2.05) is 25.1 Å².